The Kier molecular flexibility index (Phi) is 5.32. The zero-order valence-electron chi connectivity index (χ0n) is 17.8. The van der Waals surface area contributed by atoms with Gasteiger partial charge < -0.3 is 20.1 Å². The third kappa shape index (κ3) is 4.31. The number of hydrogen-bond acceptors (Lipinski definition) is 6. The van der Waals surface area contributed by atoms with Crippen LogP contribution in [0.3, 0.4) is 0 Å². The Morgan fingerprint density at radius 3 is 2.48 bits per heavy atom. The Balaban J connectivity index is 1.33. The summed E-state index contributed by atoms with van der Waals surface area (Å²) in [4.78, 5) is 34.2. The molecule has 2 amide bonds. The summed E-state index contributed by atoms with van der Waals surface area (Å²) in [6.45, 7) is 2.71. The summed E-state index contributed by atoms with van der Waals surface area (Å²) in [5.74, 6) is 0.538. The maximum absolute atomic E-state index is 12.8. The summed E-state index contributed by atoms with van der Waals surface area (Å²) in [7, 11) is 0. The summed E-state index contributed by atoms with van der Waals surface area (Å²) < 4.78 is 11.0. The Labute approximate surface area is 189 Å². The van der Waals surface area contributed by atoms with Crippen molar-refractivity contribution in [1.82, 2.24) is 9.97 Å². The Hall–Kier alpha value is -4.46. The van der Waals surface area contributed by atoms with Gasteiger partial charge in [0.25, 0.3) is 11.8 Å². The van der Waals surface area contributed by atoms with Crippen molar-refractivity contribution < 1.29 is 19.1 Å². The molecule has 0 radical (unpaired) electrons. The van der Waals surface area contributed by atoms with Crippen LogP contribution in [0, 0.1) is 6.92 Å². The molecule has 2 aromatic heterocycles. The van der Waals surface area contributed by atoms with Crippen LogP contribution in [0.5, 0.6) is 11.5 Å². The van der Waals surface area contributed by atoms with Crippen molar-refractivity contribution in [3.8, 4) is 11.5 Å². The first-order chi connectivity index (χ1) is 16.1. The molecule has 3 heterocycles. The molecule has 1 aliphatic heterocycles. The van der Waals surface area contributed by atoms with Gasteiger partial charge in [-0.3, -0.25) is 19.6 Å². The molecule has 4 aromatic rings. The third-order valence-corrected chi connectivity index (χ3v) is 5.27. The number of pyridine rings is 2. The highest BCUT2D eigenvalue weighted by Crippen LogP contribution is 2.31. The lowest BCUT2D eigenvalue weighted by Gasteiger charge is -2.18. The smallest absolute Gasteiger partial charge is 0.255 e. The second-order valence-electron chi connectivity index (χ2n) is 7.53. The summed E-state index contributed by atoms with van der Waals surface area (Å²) in [5, 5.41) is 6.63. The molecule has 164 valence electrons. The van der Waals surface area contributed by atoms with Crippen LogP contribution in [0.1, 0.15) is 26.4 Å². The van der Waals surface area contributed by atoms with Crippen molar-refractivity contribution in [3.63, 3.8) is 0 Å². The molecule has 0 aliphatic carbocycles. The van der Waals surface area contributed by atoms with Gasteiger partial charge in [-0.2, -0.15) is 0 Å². The molecule has 0 bridgehead atoms. The average Bonchev–Trinajstić information content (AvgIpc) is 2.85. The van der Waals surface area contributed by atoms with Crippen molar-refractivity contribution in [2.45, 2.75) is 6.92 Å². The van der Waals surface area contributed by atoms with Crippen molar-refractivity contribution in [3.05, 3.63) is 83.8 Å². The molecular formula is C25H20N4O4. The van der Waals surface area contributed by atoms with E-state index >= 15 is 0 Å². The quantitative estimate of drug-likeness (QED) is 0.493. The van der Waals surface area contributed by atoms with E-state index in [-0.39, 0.29) is 11.8 Å². The van der Waals surface area contributed by atoms with Gasteiger partial charge >= 0.3 is 0 Å². The number of nitrogens with zero attached hydrogens (tertiary/aromatic N) is 2. The van der Waals surface area contributed by atoms with Crippen LogP contribution in [0.4, 0.5) is 11.4 Å². The first-order valence-corrected chi connectivity index (χ1v) is 10.4. The van der Waals surface area contributed by atoms with Crippen LogP contribution in [0.15, 0.2) is 67.0 Å². The minimum atomic E-state index is -0.324. The minimum Gasteiger partial charge on any atom is -0.486 e. The normalized spacial score (nSPS) is 12.3. The van der Waals surface area contributed by atoms with E-state index < -0.39 is 0 Å². The number of carbonyl (C=O) groups is 2. The number of rotatable bonds is 4. The molecular weight excluding hydrogens is 420 g/mol. The largest absolute Gasteiger partial charge is 0.486 e. The predicted octanol–water partition coefficient (Wildman–Crippen LogP) is 4.21. The molecule has 0 fully saturated rings. The highest BCUT2D eigenvalue weighted by Gasteiger charge is 2.16. The summed E-state index contributed by atoms with van der Waals surface area (Å²) in [5.41, 5.74) is 3.22. The number of carbonyl (C=O) groups excluding carboxylic acids is 2. The molecule has 8 nitrogen and oxygen atoms in total. The van der Waals surface area contributed by atoms with Crippen LogP contribution < -0.4 is 20.1 Å². The monoisotopic (exact) mass is 440 g/mol. The summed E-state index contributed by atoms with van der Waals surface area (Å²) >= 11 is 0. The van der Waals surface area contributed by atoms with Gasteiger partial charge in [0.1, 0.15) is 13.2 Å². The number of anilines is 2. The highest BCUT2D eigenvalue weighted by atomic mass is 16.6. The molecule has 8 heteroatoms. The van der Waals surface area contributed by atoms with Crippen LogP contribution >= 0.6 is 0 Å². The zero-order valence-corrected chi connectivity index (χ0v) is 17.8. The number of ether oxygens (including phenoxy) is 2. The van der Waals surface area contributed by atoms with Crippen molar-refractivity contribution in [2.24, 2.45) is 0 Å². The van der Waals surface area contributed by atoms with Gasteiger partial charge in [-0.25, -0.2) is 0 Å². The van der Waals surface area contributed by atoms with E-state index in [2.05, 4.69) is 20.6 Å². The first kappa shape index (κ1) is 20.4. The molecule has 0 atom stereocenters. The zero-order chi connectivity index (χ0) is 22.8. The number of aromatic nitrogens is 2. The van der Waals surface area contributed by atoms with E-state index in [1.807, 2.05) is 18.2 Å². The number of aryl methyl sites for hydroxylation is 1. The van der Waals surface area contributed by atoms with Gasteiger partial charge in [0.2, 0.25) is 0 Å². The van der Waals surface area contributed by atoms with Crippen molar-refractivity contribution in [1.29, 1.82) is 0 Å². The van der Waals surface area contributed by atoms with Gasteiger partial charge in [-0.15, -0.1) is 0 Å². The molecule has 5 rings (SSSR count). The SMILES string of the molecule is Cc1ncc(NC(=O)c2ccc3c(c2)OCCO3)cc1NC(=O)c1ccc2cccnc2c1. The molecule has 2 aromatic carbocycles. The number of amides is 2. The van der Waals surface area contributed by atoms with Gasteiger partial charge in [-0.05, 0) is 49.4 Å². The van der Waals surface area contributed by atoms with E-state index in [0.29, 0.717) is 52.9 Å². The molecule has 1 aliphatic rings. The summed E-state index contributed by atoms with van der Waals surface area (Å²) in [6.07, 6.45) is 3.23. The summed E-state index contributed by atoms with van der Waals surface area (Å²) in [6, 6.07) is 15.8. The third-order valence-electron chi connectivity index (χ3n) is 5.27. The fourth-order valence-corrected chi connectivity index (χ4v) is 3.52. The van der Waals surface area contributed by atoms with E-state index in [1.165, 1.54) is 0 Å². The van der Waals surface area contributed by atoms with E-state index in [9.17, 15) is 9.59 Å². The van der Waals surface area contributed by atoms with Gasteiger partial charge in [-0.1, -0.05) is 12.1 Å². The molecule has 0 spiro atoms. The lowest BCUT2D eigenvalue weighted by molar-refractivity contribution is 0.101. The van der Waals surface area contributed by atoms with Gasteiger partial charge in [0, 0.05) is 22.7 Å². The van der Waals surface area contributed by atoms with Crippen LogP contribution in [0.25, 0.3) is 10.9 Å². The van der Waals surface area contributed by atoms with E-state index in [1.54, 1.807) is 55.7 Å². The Morgan fingerprint density at radius 1 is 0.848 bits per heavy atom. The second kappa shape index (κ2) is 8.58. The van der Waals surface area contributed by atoms with E-state index in [0.717, 1.165) is 10.9 Å². The molecule has 0 unspecified atom stereocenters. The van der Waals surface area contributed by atoms with Crippen LogP contribution in [-0.2, 0) is 0 Å². The second-order valence-corrected chi connectivity index (χ2v) is 7.53. The topological polar surface area (TPSA) is 102 Å². The predicted molar refractivity (Wildman–Crippen MR) is 124 cm³/mol. The minimum absolute atomic E-state index is 0.289. The maximum Gasteiger partial charge on any atom is 0.255 e. The molecule has 0 saturated heterocycles. The van der Waals surface area contributed by atoms with Crippen molar-refractivity contribution in [2.75, 3.05) is 23.8 Å². The Bertz CT molecular complexity index is 1390. The van der Waals surface area contributed by atoms with E-state index in [4.69, 9.17) is 9.47 Å². The average molecular weight is 440 g/mol. The lowest BCUT2D eigenvalue weighted by atomic mass is 10.1. The molecule has 33 heavy (non-hydrogen) atoms. The number of nitrogens with one attached hydrogen (secondary N) is 2. The van der Waals surface area contributed by atoms with Crippen LogP contribution in [0.2, 0.25) is 0 Å². The molecule has 0 saturated carbocycles. The maximum atomic E-state index is 12.8. The van der Waals surface area contributed by atoms with Gasteiger partial charge in [0.15, 0.2) is 11.5 Å². The Morgan fingerprint density at radius 2 is 1.61 bits per heavy atom. The van der Waals surface area contributed by atoms with Crippen LogP contribution in [-0.4, -0.2) is 35.0 Å². The van der Waals surface area contributed by atoms with Gasteiger partial charge in [0.05, 0.1) is 28.8 Å². The number of benzene rings is 2. The lowest BCUT2D eigenvalue weighted by Crippen LogP contribution is -2.17. The number of fused-ring (bicyclic) bond motifs is 2. The fraction of sp³-hybridized carbons (Fsp3) is 0.120. The highest BCUT2D eigenvalue weighted by molar-refractivity contribution is 6.07. The number of hydrogen-bond donors (Lipinski definition) is 2. The standard InChI is InChI=1S/C25H20N4O4/c1-15-20(29-25(31)17-5-4-16-3-2-8-26-21(16)11-17)13-19(14-27-15)28-24(30)18-6-7-22-23(12-18)33-10-9-32-22/h2-8,11-14H,9-10H2,1H3,(H,28,30)(H,29,31). The molecule has 2 N–H and O–H groups in total. The first-order valence-electron chi connectivity index (χ1n) is 10.4. The fourth-order valence-electron chi connectivity index (χ4n) is 3.52. The van der Waals surface area contributed by atoms with Crippen molar-refractivity contribution >= 4 is 34.1 Å².